The Kier molecular flexibility index (Phi) is 17.1. The van der Waals surface area contributed by atoms with E-state index in [1.54, 1.807) is 7.11 Å². The highest BCUT2D eigenvalue weighted by Gasteiger charge is 2.21. The van der Waals surface area contributed by atoms with E-state index in [1.165, 1.54) is 7.11 Å². The lowest BCUT2D eigenvalue weighted by Crippen LogP contribution is -2.47. The van der Waals surface area contributed by atoms with Gasteiger partial charge in [0.05, 0.1) is 13.2 Å². The third-order valence-electron chi connectivity index (χ3n) is 4.45. The van der Waals surface area contributed by atoms with E-state index in [-0.39, 0.29) is 29.9 Å². The first kappa shape index (κ1) is 26.4. The fourth-order valence-electron chi connectivity index (χ4n) is 2.96. The van der Waals surface area contributed by atoms with Crippen LogP contribution in [-0.2, 0) is 19.0 Å². The van der Waals surface area contributed by atoms with Gasteiger partial charge in [-0.15, -0.1) is 24.0 Å². The maximum atomic E-state index is 11.1. The lowest BCUT2D eigenvalue weighted by atomic mass is 10.1. The second-order valence-electron chi connectivity index (χ2n) is 6.53. The second-order valence-corrected chi connectivity index (χ2v) is 6.53. The molecule has 0 spiro atoms. The van der Waals surface area contributed by atoms with Crippen molar-refractivity contribution in [3.63, 3.8) is 0 Å². The number of aliphatic imine (C=N–C) groups is 1. The standard InChI is InChI=1S/C19H37N3O4.HI/c1-4-20-19(21-12-7-5-6-9-18(23)25-3)22-13-10-17(11-14-22)26-16-8-15-24-2;/h17H,4-16H2,1-3H3,(H,20,21);1H. The molecule has 0 aromatic heterocycles. The largest absolute Gasteiger partial charge is 0.469 e. The van der Waals surface area contributed by atoms with Crippen LogP contribution in [0.3, 0.4) is 0 Å². The number of methoxy groups -OCH3 is 2. The summed E-state index contributed by atoms with van der Waals surface area (Å²) >= 11 is 0. The van der Waals surface area contributed by atoms with Crippen molar-refractivity contribution in [2.75, 3.05) is 53.6 Å². The predicted molar refractivity (Wildman–Crippen MR) is 119 cm³/mol. The van der Waals surface area contributed by atoms with Crippen LogP contribution in [0.2, 0.25) is 0 Å². The van der Waals surface area contributed by atoms with E-state index in [0.29, 0.717) is 12.5 Å². The maximum absolute atomic E-state index is 11.1. The van der Waals surface area contributed by atoms with Gasteiger partial charge in [0.2, 0.25) is 0 Å². The van der Waals surface area contributed by atoms with Crippen molar-refractivity contribution in [2.24, 2.45) is 4.99 Å². The summed E-state index contributed by atoms with van der Waals surface area (Å²) in [5, 5.41) is 3.39. The zero-order valence-corrected chi connectivity index (χ0v) is 19.5. The van der Waals surface area contributed by atoms with Crippen LogP contribution in [0.15, 0.2) is 4.99 Å². The maximum Gasteiger partial charge on any atom is 0.305 e. The summed E-state index contributed by atoms with van der Waals surface area (Å²) < 4.78 is 15.6. The number of guanidine groups is 1. The first-order valence-electron chi connectivity index (χ1n) is 9.91. The van der Waals surface area contributed by atoms with Gasteiger partial charge >= 0.3 is 5.97 Å². The quantitative estimate of drug-likeness (QED) is 0.146. The molecule has 0 saturated carbocycles. The summed E-state index contributed by atoms with van der Waals surface area (Å²) in [7, 11) is 3.16. The number of unbranched alkanes of at least 4 members (excludes halogenated alkanes) is 2. The second kappa shape index (κ2) is 17.5. The molecule has 1 rings (SSSR count). The molecule has 160 valence electrons. The van der Waals surface area contributed by atoms with E-state index in [1.807, 2.05) is 0 Å². The molecule has 0 radical (unpaired) electrons. The van der Waals surface area contributed by atoms with Crippen LogP contribution >= 0.6 is 24.0 Å². The van der Waals surface area contributed by atoms with Crippen LogP contribution in [0.1, 0.15) is 51.9 Å². The lowest BCUT2D eigenvalue weighted by Gasteiger charge is -2.34. The van der Waals surface area contributed by atoms with Gasteiger partial charge in [-0.3, -0.25) is 9.79 Å². The predicted octanol–water partition coefficient (Wildman–Crippen LogP) is 2.82. The van der Waals surface area contributed by atoms with Crippen molar-refractivity contribution in [3.05, 3.63) is 0 Å². The van der Waals surface area contributed by atoms with Crippen molar-refractivity contribution in [1.29, 1.82) is 0 Å². The van der Waals surface area contributed by atoms with Gasteiger partial charge in [0.1, 0.15) is 0 Å². The minimum Gasteiger partial charge on any atom is -0.469 e. The molecule has 0 unspecified atom stereocenters. The van der Waals surface area contributed by atoms with Gasteiger partial charge < -0.3 is 24.4 Å². The van der Waals surface area contributed by atoms with Gasteiger partial charge in [0.25, 0.3) is 0 Å². The Morgan fingerprint density at radius 3 is 2.48 bits per heavy atom. The van der Waals surface area contributed by atoms with Gasteiger partial charge in [-0.25, -0.2) is 0 Å². The molecule has 1 fully saturated rings. The summed E-state index contributed by atoms with van der Waals surface area (Å²) in [6.07, 6.45) is 6.73. The molecule has 1 aliphatic heterocycles. The highest BCUT2D eigenvalue weighted by atomic mass is 127. The Morgan fingerprint density at radius 1 is 1.11 bits per heavy atom. The number of halogens is 1. The molecule has 0 aromatic rings. The Bertz CT molecular complexity index is 402. The van der Waals surface area contributed by atoms with E-state index in [4.69, 9.17) is 14.5 Å². The van der Waals surface area contributed by atoms with E-state index in [9.17, 15) is 4.79 Å². The molecule has 1 heterocycles. The molecule has 0 amide bonds. The number of hydrogen-bond acceptors (Lipinski definition) is 5. The fourth-order valence-corrected chi connectivity index (χ4v) is 2.96. The molecule has 0 aromatic carbocycles. The molecule has 1 N–H and O–H groups in total. The number of carbonyl (C=O) groups is 1. The van der Waals surface area contributed by atoms with Crippen LogP contribution in [0.5, 0.6) is 0 Å². The van der Waals surface area contributed by atoms with Gasteiger partial charge in [-0.2, -0.15) is 0 Å². The van der Waals surface area contributed by atoms with Gasteiger partial charge in [-0.1, -0.05) is 6.42 Å². The Labute approximate surface area is 181 Å². The zero-order chi connectivity index (χ0) is 19.0. The van der Waals surface area contributed by atoms with Gasteiger partial charge in [0, 0.05) is 52.9 Å². The smallest absolute Gasteiger partial charge is 0.305 e. The molecule has 7 nitrogen and oxygen atoms in total. The first-order valence-corrected chi connectivity index (χ1v) is 9.91. The van der Waals surface area contributed by atoms with E-state index >= 15 is 0 Å². The number of piperidine rings is 1. The molecule has 27 heavy (non-hydrogen) atoms. The van der Waals surface area contributed by atoms with Crippen molar-refractivity contribution in [1.82, 2.24) is 10.2 Å². The minimum atomic E-state index is -0.130. The zero-order valence-electron chi connectivity index (χ0n) is 17.2. The summed E-state index contributed by atoms with van der Waals surface area (Å²) in [6, 6.07) is 0. The SMILES string of the molecule is CCNC(=NCCCCCC(=O)OC)N1CCC(OCCCOC)CC1.I. The molecular weight excluding hydrogens is 461 g/mol. The number of rotatable bonds is 12. The number of esters is 1. The average Bonchev–Trinajstić information content (AvgIpc) is 2.67. The van der Waals surface area contributed by atoms with Crippen molar-refractivity contribution < 1.29 is 19.0 Å². The third-order valence-corrected chi connectivity index (χ3v) is 4.45. The number of likely N-dealkylation sites (tertiary alicyclic amines) is 1. The van der Waals surface area contributed by atoms with Crippen molar-refractivity contribution in [3.8, 4) is 0 Å². The van der Waals surface area contributed by atoms with Gasteiger partial charge in [-0.05, 0) is 39.0 Å². The summed E-state index contributed by atoms with van der Waals surface area (Å²) in [4.78, 5) is 18.2. The Balaban J connectivity index is 0.00000676. The molecule has 0 bridgehead atoms. The number of carbonyl (C=O) groups excluding carboxylic acids is 1. The van der Waals surface area contributed by atoms with Gasteiger partial charge in [0.15, 0.2) is 5.96 Å². The summed E-state index contributed by atoms with van der Waals surface area (Å²) in [5.41, 5.74) is 0. The molecule has 8 heteroatoms. The number of hydrogen-bond donors (Lipinski definition) is 1. The Hall–Kier alpha value is -0.610. The van der Waals surface area contributed by atoms with Crippen LogP contribution < -0.4 is 5.32 Å². The normalized spacial score (nSPS) is 15.4. The van der Waals surface area contributed by atoms with Crippen molar-refractivity contribution in [2.45, 2.75) is 58.0 Å². The summed E-state index contributed by atoms with van der Waals surface area (Å²) in [6.45, 7) is 7.24. The van der Waals surface area contributed by atoms with Crippen LogP contribution in [-0.4, -0.2) is 76.5 Å². The summed E-state index contributed by atoms with van der Waals surface area (Å²) in [5.74, 6) is 0.868. The molecule has 0 atom stereocenters. The van der Waals surface area contributed by atoms with E-state index in [2.05, 4.69) is 21.9 Å². The Morgan fingerprint density at radius 2 is 1.85 bits per heavy atom. The minimum absolute atomic E-state index is 0. The monoisotopic (exact) mass is 499 g/mol. The third kappa shape index (κ3) is 12.5. The van der Waals surface area contributed by atoms with Crippen molar-refractivity contribution >= 4 is 35.9 Å². The highest BCUT2D eigenvalue weighted by Crippen LogP contribution is 2.14. The fraction of sp³-hybridized carbons (Fsp3) is 0.895. The topological polar surface area (TPSA) is 72.4 Å². The van der Waals surface area contributed by atoms with Crippen LogP contribution in [0.25, 0.3) is 0 Å². The molecular formula is C19H38IN3O4. The highest BCUT2D eigenvalue weighted by molar-refractivity contribution is 14.0. The molecule has 1 aliphatic rings. The van der Waals surface area contributed by atoms with E-state index < -0.39 is 0 Å². The number of nitrogens with zero attached hydrogens (tertiary/aromatic N) is 2. The van der Waals surface area contributed by atoms with E-state index in [0.717, 1.165) is 83.9 Å². The first-order chi connectivity index (χ1) is 12.7. The lowest BCUT2D eigenvalue weighted by molar-refractivity contribution is -0.140. The molecule has 0 aliphatic carbocycles. The average molecular weight is 499 g/mol. The molecule has 1 saturated heterocycles. The van der Waals surface area contributed by atoms with Crippen LogP contribution in [0, 0.1) is 0 Å². The number of nitrogens with one attached hydrogen (secondary N) is 1. The number of ether oxygens (including phenoxy) is 3. The van der Waals surface area contributed by atoms with Crippen LogP contribution in [0.4, 0.5) is 0 Å².